The Balaban J connectivity index is 1.47. The zero-order valence-corrected chi connectivity index (χ0v) is 17.0. The van der Waals surface area contributed by atoms with Gasteiger partial charge in [-0.15, -0.1) is 0 Å². The van der Waals surface area contributed by atoms with Crippen LogP contribution in [0.5, 0.6) is 0 Å². The lowest BCUT2D eigenvalue weighted by Gasteiger charge is -2.32. The lowest BCUT2D eigenvalue weighted by Crippen LogP contribution is -2.40. The van der Waals surface area contributed by atoms with E-state index < -0.39 is 0 Å². The molecule has 3 rings (SSSR count). The number of hydrogen-bond acceptors (Lipinski definition) is 2. The van der Waals surface area contributed by atoms with Crippen molar-refractivity contribution >= 4 is 17.5 Å². The quantitative estimate of drug-likeness (QED) is 0.760. The Morgan fingerprint density at radius 2 is 1.85 bits per heavy atom. The van der Waals surface area contributed by atoms with Gasteiger partial charge in [0.1, 0.15) is 0 Å². The van der Waals surface area contributed by atoms with Crippen molar-refractivity contribution in [3.05, 3.63) is 70.2 Å². The van der Waals surface area contributed by atoms with Gasteiger partial charge in [-0.3, -0.25) is 9.69 Å². The smallest absolute Gasteiger partial charge is 0.223 e. The van der Waals surface area contributed by atoms with Crippen LogP contribution >= 0.6 is 11.6 Å². The summed E-state index contributed by atoms with van der Waals surface area (Å²) >= 11 is 6.07. The van der Waals surface area contributed by atoms with Crippen LogP contribution in [0, 0.1) is 5.92 Å². The highest BCUT2D eigenvalue weighted by Gasteiger charge is 2.26. The summed E-state index contributed by atoms with van der Waals surface area (Å²) in [6.45, 7) is 7.01. The second-order valence-electron chi connectivity index (χ2n) is 7.51. The van der Waals surface area contributed by atoms with E-state index in [4.69, 9.17) is 11.6 Å². The Hall–Kier alpha value is -1.84. The predicted molar refractivity (Wildman–Crippen MR) is 112 cm³/mol. The summed E-state index contributed by atoms with van der Waals surface area (Å²) < 4.78 is 0. The van der Waals surface area contributed by atoms with Crippen LogP contribution in [0.1, 0.15) is 49.4 Å². The third-order valence-electron chi connectivity index (χ3n) is 5.50. The molecule has 3 nitrogen and oxygen atoms in total. The number of nitrogens with zero attached hydrogens (tertiary/aromatic N) is 1. The molecule has 0 bridgehead atoms. The molecule has 4 heteroatoms. The monoisotopic (exact) mass is 384 g/mol. The van der Waals surface area contributed by atoms with E-state index in [0.29, 0.717) is 0 Å². The summed E-state index contributed by atoms with van der Waals surface area (Å²) in [5.41, 5.74) is 3.72. The maximum absolute atomic E-state index is 12.7. The molecule has 1 saturated heterocycles. The number of benzene rings is 2. The van der Waals surface area contributed by atoms with Crippen LogP contribution in [0.3, 0.4) is 0 Å². The van der Waals surface area contributed by atoms with Crippen molar-refractivity contribution in [1.29, 1.82) is 0 Å². The first-order valence-electron chi connectivity index (χ1n) is 9.91. The van der Waals surface area contributed by atoms with Gasteiger partial charge in [0.15, 0.2) is 0 Å². The SMILES string of the molecule is CCc1ccc(C(C)NC(=O)C2CCN(Cc3cccc(Cl)c3)CC2)cc1. The van der Waals surface area contributed by atoms with Gasteiger partial charge in [-0.1, -0.05) is 54.9 Å². The van der Waals surface area contributed by atoms with Crippen LogP contribution in [-0.2, 0) is 17.8 Å². The molecule has 0 aromatic heterocycles. The fourth-order valence-electron chi connectivity index (χ4n) is 3.70. The van der Waals surface area contributed by atoms with Crippen LogP contribution in [-0.4, -0.2) is 23.9 Å². The highest BCUT2D eigenvalue weighted by Crippen LogP contribution is 2.22. The number of hydrogen-bond donors (Lipinski definition) is 1. The zero-order valence-electron chi connectivity index (χ0n) is 16.2. The number of aryl methyl sites for hydroxylation is 1. The first-order chi connectivity index (χ1) is 13.0. The van der Waals surface area contributed by atoms with Crippen molar-refractivity contribution < 1.29 is 4.79 Å². The number of nitrogens with one attached hydrogen (secondary N) is 1. The van der Waals surface area contributed by atoms with Gasteiger partial charge in [-0.2, -0.15) is 0 Å². The number of carbonyl (C=O) groups is 1. The molecule has 144 valence electrons. The molecule has 2 aromatic carbocycles. The molecule has 1 heterocycles. The Kier molecular flexibility index (Phi) is 6.92. The summed E-state index contributed by atoms with van der Waals surface area (Å²) in [5, 5.41) is 3.98. The number of likely N-dealkylation sites (tertiary alicyclic amines) is 1. The third-order valence-corrected chi connectivity index (χ3v) is 5.74. The summed E-state index contributed by atoms with van der Waals surface area (Å²) in [5.74, 6) is 0.294. The Bertz CT molecular complexity index is 751. The van der Waals surface area contributed by atoms with Crippen molar-refractivity contribution in [3.8, 4) is 0 Å². The van der Waals surface area contributed by atoms with E-state index in [0.717, 1.165) is 43.9 Å². The lowest BCUT2D eigenvalue weighted by molar-refractivity contribution is -0.127. The zero-order chi connectivity index (χ0) is 19.2. The minimum atomic E-state index is 0.0490. The predicted octanol–water partition coefficient (Wildman–Crippen LogP) is 4.99. The minimum absolute atomic E-state index is 0.0490. The summed E-state index contributed by atoms with van der Waals surface area (Å²) in [7, 11) is 0. The van der Waals surface area contributed by atoms with E-state index >= 15 is 0 Å². The molecule has 0 spiro atoms. The summed E-state index contributed by atoms with van der Waals surface area (Å²) in [6, 6.07) is 16.6. The topological polar surface area (TPSA) is 32.3 Å². The number of amides is 1. The second-order valence-corrected chi connectivity index (χ2v) is 7.94. The molecular formula is C23H29ClN2O. The number of halogens is 1. The third kappa shape index (κ3) is 5.57. The van der Waals surface area contributed by atoms with Gasteiger partial charge in [0, 0.05) is 17.5 Å². The molecule has 1 aliphatic heterocycles. The fraction of sp³-hybridized carbons (Fsp3) is 0.435. The fourth-order valence-corrected chi connectivity index (χ4v) is 3.92. The van der Waals surface area contributed by atoms with E-state index in [1.54, 1.807) is 0 Å². The molecule has 27 heavy (non-hydrogen) atoms. The second kappa shape index (κ2) is 9.38. The van der Waals surface area contributed by atoms with E-state index in [2.05, 4.69) is 54.4 Å². The molecule has 0 saturated carbocycles. The number of piperidine rings is 1. The standard InChI is InChI=1S/C23H29ClN2O/c1-3-18-7-9-20(10-8-18)17(2)25-23(27)21-11-13-26(14-12-21)16-19-5-4-6-22(24)15-19/h4-10,15,17,21H,3,11-14,16H2,1-2H3,(H,25,27). The van der Waals surface area contributed by atoms with Crippen LogP contribution in [0.2, 0.25) is 5.02 Å². The van der Waals surface area contributed by atoms with Crippen molar-refractivity contribution in [2.45, 2.75) is 45.7 Å². The highest BCUT2D eigenvalue weighted by atomic mass is 35.5. The number of carbonyl (C=O) groups excluding carboxylic acids is 1. The van der Waals surface area contributed by atoms with Crippen LogP contribution < -0.4 is 5.32 Å². The maximum atomic E-state index is 12.7. The summed E-state index contributed by atoms with van der Waals surface area (Å²) in [4.78, 5) is 15.1. The first kappa shape index (κ1) is 19.9. The van der Waals surface area contributed by atoms with Crippen molar-refractivity contribution in [3.63, 3.8) is 0 Å². The molecule has 1 aliphatic rings. The van der Waals surface area contributed by atoms with Crippen molar-refractivity contribution in [1.82, 2.24) is 10.2 Å². The molecule has 0 radical (unpaired) electrons. The van der Waals surface area contributed by atoms with Gasteiger partial charge in [-0.05, 0) is 68.1 Å². The van der Waals surface area contributed by atoms with Gasteiger partial charge in [0.25, 0.3) is 0 Å². The Morgan fingerprint density at radius 3 is 2.48 bits per heavy atom. The maximum Gasteiger partial charge on any atom is 0.223 e. The van der Waals surface area contributed by atoms with Crippen molar-refractivity contribution in [2.24, 2.45) is 5.92 Å². The Morgan fingerprint density at radius 1 is 1.15 bits per heavy atom. The van der Waals surface area contributed by atoms with Crippen LogP contribution in [0.15, 0.2) is 48.5 Å². The van der Waals surface area contributed by atoms with Crippen LogP contribution in [0.25, 0.3) is 0 Å². The molecule has 1 atom stereocenters. The molecule has 0 aliphatic carbocycles. The van der Waals surface area contributed by atoms with Gasteiger partial charge in [0.05, 0.1) is 6.04 Å². The first-order valence-corrected chi connectivity index (χ1v) is 10.3. The normalized spacial score (nSPS) is 16.9. The van der Waals surface area contributed by atoms with E-state index in [1.165, 1.54) is 16.7 Å². The molecule has 1 N–H and O–H groups in total. The molecule has 2 aromatic rings. The largest absolute Gasteiger partial charge is 0.349 e. The van der Waals surface area contributed by atoms with Gasteiger partial charge >= 0.3 is 0 Å². The molecular weight excluding hydrogens is 356 g/mol. The molecule has 1 amide bonds. The average molecular weight is 385 g/mol. The minimum Gasteiger partial charge on any atom is -0.349 e. The van der Waals surface area contributed by atoms with Gasteiger partial charge in [0.2, 0.25) is 5.91 Å². The number of rotatable bonds is 6. The molecule has 1 unspecified atom stereocenters. The van der Waals surface area contributed by atoms with E-state index in [-0.39, 0.29) is 17.9 Å². The van der Waals surface area contributed by atoms with Crippen molar-refractivity contribution in [2.75, 3.05) is 13.1 Å². The van der Waals surface area contributed by atoms with E-state index in [9.17, 15) is 4.79 Å². The van der Waals surface area contributed by atoms with Crippen LogP contribution in [0.4, 0.5) is 0 Å². The highest BCUT2D eigenvalue weighted by molar-refractivity contribution is 6.30. The van der Waals surface area contributed by atoms with Gasteiger partial charge in [-0.25, -0.2) is 0 Å². The Labute approximate surface area is 167 Å². The lowest BCUT2D eigenvalue weighted by atomic mass is 9.94. The van der Waals surface area contributed by atoms with E-state index in [1.807, 2.05) is 18.2 Å². The van der Waals surface area contributed by atoms with Gasteiger partial charge < -0.3 is 5.32 Å². The molecule has 1 fully saturated rings. The average Bonchev–Trinajstić information content (AvgIpc) is 2.68. The summed E-state index contributed by atoms with van der Waals surface area (Å²) in [6.07, 6.45) is 2.86.